The van der Waals surface area contributed by atoms with Gasteiger partial charge in [-0.15, -0.1) is 0 Å². The number of aromatic nitrogens is 2. The van der Waals surface area contributed by atoms with Crippen molar-refractivity contribution in [2.45, 2.75) is 31.8 Å². The fraction of sp³-hybridized carbons (Fsp3) is 0.400. The van der Waals surface area contributed by atoms with E-state index in [-0.39, 0.29) is 0 Å². The van der Waals surface area contributed by atoms with E-state index in [2.05, 4.69) is 34.7 Å². The van der Waals surface area contributed by atoms with Crippen LogP contribution in [0.5, 0.6) is 0 Å². The summed E-state index contributed by atoms with van der Waals surface area (Å²) in [6, 6.07) is 10.9. The van der Waals surface area contributed by atoms with Gasteiger partial charge in [0.2, 0.25) is 0 Å². The molecule has 2 aromatic rings. The summed E-state index contributed by atoms with van der Waals surface area (Å²) < 4.78 is 1.95. The third kappa shape index (κ3) is 2.99. The van der Waals surface area contributed by atoms with E-state index in [0.717, 1.165) is 25.6 Å². The molecule has 18 heavy (non-hydrogen) atoms. The van der Waals surface area contributed by atoms with Crippen LogP contribution in [-0.4, -0.2) is 16.3 Å². The molecule has 0 spiro atoms. The first-order chi connectivity index (χ1) is 8.92. The lowest BCUT2D eigenvalue weighted by atomic mass is 10.1. The van der Waals surface area contributed by atoms with Gasteiger partial charge in [-0.25, -0.2) is 0 Å². The van der Waals surface area contributed by atoms with Crippen molar-refractivity contribution >= 4 is 0 Å². The van der Waals surface area contributed by atoms with Crippen molar-refractivity contribution in [3.63, 3.8) is 0 Å². The van der Waals surface area contributed by atoms with Crippen molar-refractivity contribution in [1.82, 2.24) is 15.1 Å². The van der Waals surface area contributed by atoms with Gasteiger partial charge in [0.25, 0.3) is 0 Å². The average molecular weight is 241 g/mol. The van der Waals surface area contributed by atoms with Crippen molar-refractivity contribution in [3.8, 4) is 0 Å². The maximum Gasteiger partial charge on any atom is 0.0534 e. The van der Waals surface area contributed by atoms with E-state index in [1.807, 2.05) is 23.1 Å². The molecule has 1 aromatic heterocycles. The van der Waals surface area contributed by atoms with Gasteiger partial charge in [-0.1, -0.05) is 24.3 Å². The van der Waals surface area contributed by atoms with Crippen molar-refractivity contribution < 1.29 is 0 Å². The summed E-state index contributed by atoms with van der Waals surface area (Å²) in [5.74, 6) is 0.842. The van der Waals surface area contributed by atoms with Gasteiger partial charge in [0.15, 0.2) is 0 Å². The summed E-state index contributed by atoms with van der Waals surface area (Å²) in [5, 5.41) is 7.65. The van der Waals surface area contributed by atoms with Crippen LogP contribution in [0, 0.1) is 0 Å². The minimum atomic E-state index is 0.842. The quantitative estimate of drug-likeness (QED) is 0.788. The monoisotopic (exact) mass is 241 g/mol. The molecule has 1 saturated carbocycles. The second-order valence-corrected chi connectivity index (χ2v) is 4.97. The van der Waals surface area contributed by atoms with Crippen LogP contribution in [0.2, 0.25) is 0 Å². The Balaban J connectivity index is 1.46. The van der Waals surface area contributed by atoms with E-state index in [1.165, 1.54) is 24.0 Å². The Kier molecular flexibility index (Phi) is 3.42. The van der Waals surface area contributed by atoms with Crippen LogP contribution in [0.3, 0.4) is 0 Å². The van der Waals surface area contributed by atoms with Gasteiger partial charge in [0, 0.05) is 25.5 Å². The number of benzene rings is 1. The summed E-state index contributed by atoms with van der Waals surface area (Å²) in [6.45, 7) is 2.83. The molecule has 0 saturated heterocycles. The molecule has 3 rings (SSSR count). The molecule has 1 heterocycles. The van der Waals surface area contributed by atoms with E-state index >= 15 is 0 Å². The van der Waals surface area contributed by atoms with Crippen molar-refractivity contribution in [1.29, 1.82) is 0 Å². The van der Waals surface area contributed by atoms with Gasteiger partial charge < -0.3 is 5.32 Å². The normalized spacial score (nSPS) is 14.9. The van der Waals surface area contributed by atoms with Crippen LogP contribution in [0.4, 0.5) is 0 Å². The lowest BCUT2D eigenvalue weighted by Gasteiger charge is -2.07. The molecule has 0 aliphatic heterocycles. The SMILES string of the molecule is c1cc(CNCCn2cccn2)cc(C2CC2)c1. The molecule has 0 radical (unpaired) electrons. The lowest BCUT2D eigenvalue weighted by molar-refractivity contribution is 0.555. The molecule has 0 unspecified atom stereocenters. The van der Waals surface area contributed by atoms with Crippen LogP contribution in [0.15, 0.2) is 42.7 Å². The fourth-order valence-electron chi connectivity index (χ4n) is 2.23. The Hall–Kier alpha value is -1.61. The Morgan fingerprint density at radius 3 is 3.00 bits per heavy atom. The summed E-state index contributed by atoms with van der Waals surface area (Å²) in [5.41, 5.74) is 2.90. The maximum atomic E-state index is 4.18. The first kappa shape index (κ1) is 11.5. The zero-order valence-corrected chi connectivity index (χ0v) is 10.5. The molecule has 1 N–H and O–H groups in total. The van der Waals surface area contributed by atoms with E-state index in [4.69, 9.17) is 0 Å². The third-order valence-electron chi connectivity index (χ3n) is 3.41. The van der Waals surface area contributed by atoms with Crippen LogP contribution in [-0.2, 0) is 13.1 Å². The number of hydrogen-bond acceptors (Lipinski definition) is 2. The van der Waals surface area contributed by atoms with Gasteiger partial charge in [-0.05, 0) is 36.0 Å². The number of hydrogen-bond donors (Lipinski definition) is 1. The van der Waals surface area contributed by atoms with Crippen LogP contribution in [0.25, 0.3) is 0 Å². The molecule has 3 heteroatoms. The first-order valence-electron chi connectivity index (χ1n) is 6.69. The Bertz CT molecular complexity index is 486. The molecule has 1 fully saturated rings. The van der Waals surface area contributed by atoms with Crippen molar-refractivity contribution in [3.05, 3.63) is 53.9 Å². The second-order valence-electron chi connectivity index (χ2n) is 4.97. The molecule has 1 aliphatic carbocycles. The van der Waals surface area contributed by atoms with E-state index in [0.29, 0.717) is 0 Å². The summed E-state index contributed by atoms with van der Waals surface area (Å²) in [7, 11) is 0. The third-order valence-corrected chi connectivity index (χ3v) is 3.41. The van der Waals surface area contributed by atoms with E-state index in [9.17, 15) is 0 Å². The molecular formula is C15H19N3. The lowest BCUT2D eigenvalue weighted by Crippen LogP contribution is -2.19. The zero-order valence-electron chi connectivity index (χ0n) is 10.5. The Labute approximate surface area is 108 Å². The molecule has 1 aromatic carbocycles. The van der Waals surface area contributed by atoms with Crippen molar-refractivity contribution in [2.75, 3.05) is 6.54 Å². The highest BCUT2D eigenvalue weighted by Gasteiger charge is 2.23. The topological polar surface area (TPSA) is 29.9 Å². The van der Waals surface area contributed by atoms with Crippen LogP contribution in [0.1, 0.15) is 29.9 Å². The molecule has 3 nitrogen and oxygen atoms in total. The zero-order chi connectivity index (χ0) is 12.2. The van der Waals surface area contributed by atoms with Gasteiger partial charge >= 0.3 is 0 Å². The Morgan fingerprint density at radius 2 is 2.22 bits per heavy atom. The standard InChI is InChI=1S/C15H19N3/c1-3-13(11-15(4-1)14-5-6-14)12-16-8-10-18-9-2-7-17-18/h1-4,7,9,11,14,16H,5-6,8,10,12H2. The van der Waals surface area contributed by atoms with E-state index < -0.39 is 0 Å². The van der Waals surface area contributed by atoms with Crippen molar-refractivity contribution in [2.24, 2.45) is 0 Å². The van der Waals surface area contributed by atoms with Gasteiger partial charge in [-0.3, -0.25) is 4.68 Å². The summed E-state index contributed by atoms with van der Waals surface area (Å²) >= 11 is 0. The molecule has 0 atom stereocenters. The fourth-order valence-corrected chi connectivity index (χ4v) is 2.23. The average Bonchev–Trinajstić information content (AvgIpc) is 3.13. The highest BCUT2D eigenvalue weighted by atomic mass is 15.3. The Morgan fingerprint density at radius 1 is 1.28 bits per heavy atom. The van der Waals surface area contributed by atoms with Gasteiger partial charge in [0.05, 0.1) is 6.54 Å². The predicted molar refractivity (Wildman–Crippen MR) is 72.4 cm³/mol. The van der Waals surface area contributed by atoms with Crippen LogP contribution < -0.4 is 5.32 Å². The largest absolute Gasteiger partial charge is 0.311 e. The molecule has 94 valence electrons. The number of rotatable bonds is 6. The molecule has 0 amide bonds. The highest BCUT2D eigenvalue weighted by molar-refractivity contribution is 5.29. The summed E-state index contributed by atoms with van der Waals surface area (Å²) in [4.78, 5) is 0. The highest BCUT2D eigenvalue weighted by Crippen LogP contribution is 2.40. The van der Waals surface area contributed by atoms with Gasteiger partial charge in [0.1, 0.15) is 0 Å². The molecule has 0 bridgehead atoms. The minimum absolute atomic E-state index is 0.842. The second kappa shape index (κ2) is 5.36. The van der Waals surface area contributed by atoms with E-state index in [1.54, 1.807) is 0 Å². The number of nitrogens with zero attached hydrogens (tertiary/aromatic N) is 2. The predicted octanol–water partition coefficient (Wildman–Crippen LogP) is 2.55. The minimum Gasteiger partial charge on any atom is -0.311 e. The molecular weight excluding hydrogens is 222 g/mol. The van der Waals surface area contributed by atoms with Crippen LogP contribution >= 0.6 is 0 Å². The summed E-state index contributed by atoms with van der Waals surface area (Å²) in [6.07, 6.45) is 6.56. The number of nitrogens with one attached hydrogen (secondary N) is 1. The van der Waals surface area contributed by atoms with Gasteiger partial charge in [-0.2, -0.15) is 5.10 Å². The first-order valence-corrected chi connectivity index (χ1v) is 6.69. The maximum absolute atomic E-state index is 4.18. The molecule has 1 aliphatic rings. The smallest absolute Gasteiger partial charge is 0.0534 e.